The van der Waals surface area contributed by atoms with Crippen LogP contribution in [0.15, 0.2) is 79.0 Å². The Bertz CT molecular complexity index is 1960. The van der Waals surface area contributed by atoms with Gasteiger partial charge in [-0.05, 0) is 100 Å². The number of nitrogens with one attached hydrogen (secondary N) is 2. The van der Waals surface area contributed by atoms with Crippen LogP contribution >= 0.6 is 0 Å². The number of carboxylic acids is 1. The molecule has 3 aromatic carbocycles. The van der Waals surface area contributed by atoms with E-state index in [1.54, 1.807) is 108 Å². The molecule has 280 valence electrons. The van der Waals surface area contributed by atoms with E-state index in [0.29, 0.717) is 33.3 Å². The minimum absolute atomic E-state index is 0.00655. The second-order valence-corrected chi connectivity index (χ2v) is 14.4. The Balaban J connectivity index is 1.69. The third-order valence-corrected chi connectivity index (χ3v) is 7.56. The van der Waals surface area contributed by atoms with Crippen LogP contribution in [0.3, 0.4) is 0 Å². The molecule has 1 heterocycles. The van der Waals surface area contributed by atoms with Gasteiger partial charge in [0.2, 0.25) is 11.8 Å². The van der Waals surface area contributed by atoms with Gasteiger partial charge in [0.15, 0.2) is 5.82 Å². The summed E-state index contributed by atoms with van der Waals surface area (Å²) >= 11 is 0. The van der Waals surface area contributed by atoms with Crippen molar-refractivity contribution in [2.45, 2.75) is 78.8 Å². The number of nitrogens with zero attached hydrogens (tertiary/aromatic N) is 3. The molecule has 4 rings (SSSR count). The number of carboxylic acid groups (broad SMARTS) is 1. The highest BCUT2D eigenvalue weighted by Crippen LogP contribution is 2.31. The highest BCUT2D eigenvalue weighted by atomic mass is 16.6. The van der Waals surface area contributed by atoms with Gasteiger partial charge in [-0.2, -0.15) is 4.90 Å². The number of aromatic nitrogens is 1. The SMILES string of the molecule is CC(=O)N(CC(=O)O)Cc1ccc(C(Nc2ccc3c(N(C(=O)OC(C)(C)C)C(=O)OC(C)(C)C)nccc3c2)C(=O)NCc2cccc(N)c2)cc1. The monoisotopic (exact) mass is 726 g/mol. The van der Waals surface area contributed by atoms with Crippen molar-refractivity contribution in [1.29, 1.82) is 0 Å². The van der Waals surface area contributed by atoms with Gasteiger partial charge in [0.1, 0.15) is 23.8 Å². The van der Waals surface area contributed by atoms with E-state index in [0.717, 1.165) is 10.5 Å². The fourth-order valence-corrected chi connectivity index (χ4v) is 5.23. The molecule has 0 aliphatic carbocycles. The van der Waals surface area contributed by atoms with Gasteiger partial charge in [0.25, 0.3) is 0 Å². The molecule has 0 saturated carbocycles. The van der Waals surface area contributed by atoms with Gasteiger partial charge in [-0.15, -0.1) is 0 Å². The maximum atomic E-state index is 13.8. The maximum absolute atomic E-state index is 13.8. The van der Waals surface area contributed by atoms with Crippen molar-refractivity contribution in [1.82, 2.24) is 15.2 Å². The molecule has 4 amide bonds. The lowest BCUT2D eigenvalue weighted by Crippen LogP contribution is -2.44. The molecule has 0 aliphatic heterocycles. The summed E-state index contributed by atoms with van der Waals surface area (Å²) < 4.78 is 11.1. The maximum Gasteiger partial charge on any atom is 0.425 e. The molecule has 1 atom stereocenters. The average molecular weight is 727 g/mol. The van der Waals surface area contributed by atoms with Crippen LogP contribution in [-0.2, 0) is 36.9 Å². The van der Waals surface area contributed by atoms with Crippen molar-refractivity contribution >= 4 is 57.9 Å². The van der Waals surface area contributed by atoms with Gasteiger partial charge in [-0.1, -0.05) is 36.4 Å². The molecule has 1 aromatic heterocycles. The Labute approximate surface area is 308 Å². The van der Waals surface area contributed by atoms with Gasteiger partial charge in [-0.3, -0.25) is 14.4 Å². The van der Waals surface area contributed by atoms with Crippen LogP contribution in [0.4, 0.5) is 26.8 Å². The van der Waals surface area contributed by atoms with Gasteiger partial charge in [0.05, 0.1) is 0 Å². The first-order valence-corrected chi connectivity index (χ1v) is 16.9. The minimum Gasteiger partial charge on any atom is -0.480 e. The Morgan fingerprint density at radius 1 is 0.849 bits per heavy atom. The van der Waals surface area contributed by atoms with Crippen LogP contribution in [0.5, 0.6) is 0 Å². The summed E-state index contributed by atoms with van der Waals surface area (Å²) in [6.07, 6.45) is -0.459. The van der Waals surface area contributed by atoms with E-state index in [1.807, 2.05) is 6.07 Å². The number of fused-ring (bicyclic) bond motifs is 1. The predicted molar refractivity (Wildman–Crippen MR) is 201 cm³/mol. The Morgan fingerprint density at radius 3 is 2.06 bits per heavy atom. The lowest BCUT2D eigenvalue weighted by atomic mass is 10.0. The number of amides is 4. The van der Waals surface area contributed by atoms with Crippen LogP contribution in [0.1, 0.15) is 71.2 Å². The second-order valence-electron chi connectivity index (χ2n) is 14.4. The highest BCUT2D eigenvalue weighted by Gasteiger charge is 2.34. The highest BCUT2D eigenvalue weighted by molar-refractivity contribution is 6.14. The molecule has 14 nitrogen and oxygen atoms in total. The van der Waals surface area contributed by atoms with Crippen LogP contribution in [-0.4, -0.2) is 62.7 Å². The summed E-state index contributed by atoms with van der Waals surface area (Å²) in [6.45, 7) is 11.2. The molecule has 4 aromatic rings. The number of carbonyl (C=O) groups is 5. The molecule has 0 bridgehead atoms. The van der Waals surface area contributed by atoms with E-state index in [9.17, 15) is 29.1 Å². The molecular formula is C39H46N6O8. The molecule has 0 radical (unpaired) electrons. The van der Waals surface area contributed by atoms with E-state index in [1.165, 1.54) is 18.0 Å². The van der Waals surface area contributed by atoms with Crippen molar-refractivity contribution in [3.8, 4) is 0 Å². The average Bonchev–Trinajstić information content (AvgIpc) is 3.04. The Kier molecular flexibility index (Phi) is 12.3. The number of nitrogen functional groups attached to an aromatic ring is 1. The topological polar surface area (TPSA) is 193 Å². The summed E-state index contributed by atoms with van der Waals surface area (Å²) in [6, 6.07) is 20.0. The quantitative estimate of drug-likeness (QED) is 0.125. The third-order valence-electron chi connectivity index (χ3n) is 7.56. The third kappa shape index (κ3) is 11.4. The van der Waals surface area contributed by atoms with E-state index < -0.39 is 41.9 Å². The first kappa shape index (κ1) is 39.6. The van der Waals surface area contributed by atoms with Crippen LogP contribution in [0, 0.1) is 0 Å². The second kappa shape index (κ2) is 16.4. The molecule has 0 fully saturated rings. The van der Waals surface area contributed by atoms with E-state index in [-0.39, 0.29) is 30.7 Å². The van der Waals surface area contributed by atoms with Crippen molar-refractivity contribution in [2.24, 2.45) is 0 Å². The number of anilines is 3. The zero-order valence-corrected chi connectivity index (χ0v) is 30.9. The molecular weight excluding hydrogens is 680 g/mol. The van der Waals surface area contributed by atoms with Gasteiger partial charge < -0.3 is 35.8 Å². The van der Waals surface area contributed by atoms with Crippen LogP contribution in [0.2, 0.25) is 0 Å². The van der Waals surface area contributed by atoms with E-state index in [4.69, 9.17) is 15.2 Å². The fourth-order valence-electron chi connectivity index (χ4n) is 5.23. The number of carbonyl (C=O) groups excluding carboxylic acids is 4. The van der Waals surface area contributed by atoms with Crippen LogP contribution in [0.25, 0.3) is 10.8 Å². The number of pyridine rings is 1. The number of aliphatic carboxylic acids is 1. The molecule has 0 saturated heterocycles. The van der Waals surface area contributed by atoms with Crippen molar-refractivity contribution in [3.05, 3.63) is 95.7 Å². The Hall–Kier alpha value is -6.18. The summed E-state index contributed by atoms with van der Waals surface area (Å²) in [5, 5.41) is 16.5. The predicted octanol–water partition coefficient (Wildman–Crippen LogP) is 6.40. The summed E-state index contributed by atoms with van der Waals surface area (Å²) in [7, 11) is 0. The number of hydrogen-bond acceptors (Lipinski definition) is 10. The molecule has 1 unspecified atom stereocenters. The normalized spacial score (nSPS) is 12.0. The number of imide groups is 1. The molecule has 14 heteroatoms. The lowest BCUT2D eigenvalue weighted by Gasteiger charge is -2.28. The number of nitrogens with two attached hydrogens (primary N) is 1. The Morgan fingerprint density at radius 2 is 1.49 bits per heavy atom. The first-order valence-electron chi connectivity index (χ1n) is 16.9. The standard InChI is InChI=1S/C39H46N6O8/c1-24(46)44(23-32(47)48)22-25-11-13-27(14-12-25)33(35(49)42-21-26-9-8-10-29(40)19-26)43-30-15-16-31-28(20-30)17-18-41-34(31)45(36(50)52-38(2,3)4)37(51)53-39(5,6)7/h8-20,33,43H,21-23,40H2,1-7H3,(H,42,49)(H,47,48). The zero-order valence-electron chi connectivity index (χ0n) is 30.9. The zero-order chi connectivity index (χ0) is 39.1. The van der Waals surface area contributed by atoms with Gasteiger partial charge in [0, 0.05) is 43.0 Å². The minimum atomic E-state index is -1.13. The van der Waals surface area contributed by atoms with E-state index >= 15 is 0 Å². The molecule has 53 heavy (non-hydrogen) atoms. The molecule has 5 N–H and O–H groups in total. The molecule has 0 aliphatic rings. The molecule has 0 spiro atoms. The number of rotatable bonds is 11. The van der Waals surface area contributed by atoms with E-state index in [2.05, 4.69) is 15.6 Å². The van der Waals surface area contributed by atoms with Gasteiger partial charge in [-0.25, -0.2) is 14.6 Å². The number of hydrogen-bond donors (Lipinski definition) is 4. The summed E-state index contributed by atoms with van der Waals surface area (Å²) in [5.41, 5.74) is 7.27. The number of ether oxygens (including phenoxy) is 2. The van der Waals surface area contributed by atoms with Gasteiger partial charge >= 0.3 is 18.2 Å². The lowest BCUT2D eigenvalue weighted by molar-refractivity contribution is -0.144. The van der Waals surface area contributed by atoms with Crippen molar-refractivity contribution in [2.75, 3.05) is 22.5 Å². The van der Waals surface area contributed by atoms with Crippen molar-refractivity contribution in [3.63, 3.8) is 0 Å². The smallest absolute Gasteiger partial charge is 0.425 e. The first-order chi connectivity index (χ1) is 24.8. The fraction of sp³-hybridized carbons (Fsp3) is 0.333. The number of benzene rings is 3. The summed E-state index contributed by atoms with van der Waals surface area (Å²) in [4.78, 5) is 70.2. The largest absolute Gasteiger partial charge is 0.480 e. The summed E-state index contributed by atoms with van der Waals surface area (Å²) in [5.74, 6) is -1.86. The van der Waals surface area contributed by atoms with Crippen molar-refractivity contribution < 1.29 is 38.6 Å². The van der Waals surface area contributed by atoms with Crippen LogP contribution < -0.4 is 21.3 Å².